The van der Waals surface area contributed by atoms with Gasteiger partial charge in [0.25, 0.3) is 0 Å². The average molecular weight is 170 g/mol. The first kappa shape index (κ1) is 12.0. The molecule has 0 saturated heterocycles. The van der Waals surface area contributed by atoms with Gasteiger partial charge in [-0.15, -0.1) is 0 Å². The van der Waals surface area contributed by atoms with Crippen LogP contribution < -0.4 is 5.32 Å². The highest BCUT2D eigenvalue weighted by atomic mass is 14.8. The molecule has 0 aromatic rings. The zero-order chi connectivity index (χ0) is 9.07. The Hall–Kier alpha value is -0.0400. The Morgan fingerprint density at radius 2 is 1.67 bits per heavy atom. The molecule has 1 radical (unpaired) electrons. The molecule has 1 heteroatoms. The van der Waals surface area contributed by atoms with Gasteiger partial charge in [0.1, 0.15) is 0 Å². The maximum atomic E-state index is 3.35. The molecule has 0 aliphatic heterocycles. The third-order valence-electron chi connectivity index (χ3n) is 2.02. The van der Waals surface area contributed by atoms with Crippen molar-refractivity contribution >= 4 is 0 Å². The van der Waals surface area contributed by atoms with Crippen LogP contribution in [0.4, 0.5) is 0 Å². The molecule has 73 valence electrons. The second kappa shape index (κ2) is 11.0. The Morgan fingerprint density at radius 1 is 0.917 bits per heavy atom. The minimum Gasteiger partial charge on any atom is -0.312 e. The second-order valence-electron chi connectivity index (χ2n) is 3.36. The lowest BCUT2D eigenvalue weighted by atomic mass is 10.2. The number of hydrogen-bond acceptors (Lipinski definition) is 1. The standard InChI is InChI=1S/C11H24N/c1-3-5-7-9-11-12-10-8-6-4-2/h10,12H,3-9,11H2,1-2H3. The van der Waals surface area contributed by atoms with Gasteiger partial charge in [-0.2, -0.15) is 0 Å². The van der Waals surface area contributed by atoms with Crippen LogP contribution in [0.2, 0.25) is 0 Å². The average Bonchev–Trinajstić information content (AvgIpc) is 2.10. The van der Waals surface area contributed by atoms with Crippen molar-refractivity contribution < 1.29 is 0 Å². The summed E-state index contributed by atoms with van der Waals surface area (Å²) in [6.45, 7) is 7.87. The molecule has 0 spiro atoms. The normalized spacial score (nSPS) is 10.5. The lowest BCUT2D eigenvalue weighted by Crippen LogP contribution is -2.11. The summed E-state index contributed by atoms with van der Waals surface area (Å²) in [5.74, 6) is 0. The summed E-state index contributed by atoms with van der Waals surface area (Å²) in [4.78, 5) is 0. The molecule has 0 fully saturated rings. The van der Waals surface area contributed by atoms with Crippen LogP contribution >= 0.6 is 0 Å². The fourth-order valence-electron chi connectivity index (χ4n) is 1.16. The summed E-state index contributed by atoms with van der Waals surface area (Å²) < 4.78 is 0. The van der Waals surface area contributed by atoms with E-state index in [1.165, 1.54) is 51.5 Å². The van der Waals surface area contributed by atoms with Gasteiger partial charge in [0.15, 0.2) is 0 Å². The molecular weight excluding hydrogens is 146 g/mol. The van der Waals surface area contributed by atoms with Gasteiger partial charge in [-0.3, -0.25) is 0 Å². The van der Waals surface area contributed by atoms with Crippen LogP contribution in [0.1, 0.15) is 58.8 Å². The molecule has 1 nitrogen and oxygen atoms in total. The van der Waals surface area contributed by atoms with E-state index in [1.54, 1.807) is 0 Å². The second-order valence-corrected chi connectivity index (χ2v) is 3.36. The summed E-state index contributed by atoms with van der Waals surface area (Å²) >= 11 is 0. The molecule has 0 atom stereocenters. The number of unbranched alkanes of at least 4 members (excludes halogenated alkanes) is 5. The molecule has 0 saturated carbocycles. The number of nitrogens with one attached hydrogen (secondary N) is 1. The maximum Gasteiger partial charge on any atom is 0.0221 e. The van der Waals surface area contributed by atoms with Gasteiger partial charge in [0, 0.05) is 6.54 Å². The van der Waals surface area contributed by atoms with E-state index in [2.05, 4.69) is 25.7 Å². The van der Waals surface area contributed by atoms with Crippen molar-refractivity contribution in [2.75, 3.05) is 6.54 Å². The third kappa shape index (κ3) is 9.96. The van der Waals surface area contributed by atoms with E-state index >= 15 is 0 Å². The van der Waals surface area contributed by atoms with Gasteiger partial charge in [0.2, 0.25) is 0 Å². The largest absolute Gasteiger partial charge is 0.312 e. The monoisotopic (exact) mass is 170 g/mol. The van der Waals surface area contributed by atoms with E-state index in [-0.39, 0.29) is 0 Å². The summed E-state index contributed by atoms with van der Waals surface area (Å²) in [5.41, 5.74) is 0. The van der Waals surface area contributed by atoms with Gasteiger partial charge >= 0.3 is 0 Å². The van der Waals surface area contributed by atoms with Crippen LogP contribution in [-0.2, 0) is 0 Å². The summed E-state index contributed by atoms with van der Waals surface area (Å²) in [5, 5.41) is 3.35. The van der Waals surface area contributed by atoms with Crippen molar-refractivity contribution in [2.24, 2.45) is 0 Å². The van der Waals surface area contributed by atoms with Gasteiger partial charge in [-0.25, -0.2) is 0 Å². The Labute approximate surface area is 77.9 Å². The maximum absolute atomic E-state index is 3.35. The molecule has 0 unspecified atom stereocenters. The minimum absolute atomic E-state index is 1.17. The van der Waals surface area contributed by atoms with Crippen molar-refractivity contribution in [3.8, 4) is 0 Å². The first-order chi connectivity index (χ1) is 5.91. The Kier molecular flexibility index (Phi) is 10.9. The van der Waals surface area contributed by atoms with Gasteiger partial charge < -0.3 is 5.32 Å². The smallest absolute Gasteiger partial charge is 0.0221 e. The van der Waals surface area contributed by atoms with Crippen molar-refractivity contribution in [1.29, 1.82) is 0 Å². The molecule has 0 rings (SSSR count). The summed E-state index contributed by atoms with van der Waals surface area (Å²) in [6.07, 6.45) is 9.28. The molecule has 0 aromatic carbocycles. The van der Waals surface area contributed by atoms with Gasteiger partial charge in [-0.05, 0) is 19.4 Å². The number of hydrogen-bond donors (Lipinski definition) is 1. The highest BCUT2D eigenvalue weighted by Crippen LogP contribution is 1.98. The summed E-state index contributed by atoms with van der Waals surface area (Å²) in [7, 11) is 0. The topological polar surface area (TPSA) is 12.0 Å². The molecule has 1 N–H and O–H groups in total. The van der Waals surface area contributed by atoms with Gasteiger partial charge in [0.05, 0.1) is 0 Å². The number of rotatable bonds is 9. The quantitative estimate of drug-likeness (QED) is 0.522. The van der Waals surface area contributed by atoms with Crippen LogP contribution in [0.15, 0.2) is 0 Å². The van der Waals surface area contributed by atoms with E-state index in [1.807, 2.05) is 0 Å². The van der Waals surface area contributed by atoms with Gasteiger partial charge in [-0.1, -0.05) is 46.0 Å². The third-order valence-corrected chi connectivity index (χ3v) is 2.02. The molecule has 0 aliphatic rings. The predicted molar refractivity (Wildman–Crippen MR) is 56.0 cm³/mol. The SMILES string of the molecule is CCCC[CH]NCCCCCC. The highest BCUT2D eigenvalue weighted by Gasteiger charge is 1.88. The lowest BCUT2D eigenvalue weighted by Gasteiger charge is -2.02. The van der Waals surface area contributed by atoms with Crippen LogP contribution in [0.5, 0.6) is 0 Å². The molecule has 0 aromatic heterocycles. The van der Waals surface area contributed by atoms with Crippen LogP contribution in [0.3, 0.4) is 0 Å². The molecule has 0 bridgehead atoms. The Morgan fingerprint density at radius 3 is 2.33 bits per heavy atom. The lowest BCUT2D eigenvalue weighted by molar-refractivity contribution is 0.614. The van der Waals surface area contributed by atoms with Crippen molar-refractivity contribution in [1.82, 2.24) is 5.32 Å². The van der Waals surface area contributed by atoms with E-state index in [0.717, 1.165) is 0 Å². The van der Waals surface area contributed by atoms with Crippen LogP contribution in [0, 0.1) is 6.54 Å². The minimum atomic E-state index is 1.17. The summed E-state index contributed by atoms with van der Waals surface area (Å²) in [6, 6.07) is 0. The van der Waals surface area contributed by atoms with Crippen molar-refractivity contribution in [2.45, 2.75) is 58.8 Å². The highest BCUT2D eigenvalue weighted by molar-refractivity contribution is 4.60. The van der Waals surface area contributed by atoms with Crippen molar-refractivity contribution in [3.63, 3.8) is 0 Å². The Balaban J connectivity index is 2.73. The fourth-order valence-corrected chi connectivity index (χ4v) is 1.16. The Bertz CT molecular complexity index is 61.4. The molecule has 0 aliphatic carbocycles. The predicted octanol–water partition coefficient (Wildman–Crippen LogP) is 3.51. The fraction of sp³-hybridized carbons (Fsp3) is 0.909. The van der Waals surface area contributed by atoms with Crippen molar-refractivity contribution in [3.05, 3.63) is 6.54 Å². The first-order valence-electron chi connectivity index (χ1n) is 5.46. The van der Waals surface area contributed by atoms with E-state index in [9.17, 15) is 0 Å². The molecular formula is C11H24N. The zero-order valence-electron chi connectivity index (χ0n) is 8.73. The zero-order valence-corrected chi connectivity index (χ0v) is 8.73. The van der Waals surface area contributed by atoms with E-state index in [4.69, 9.17) is 0 Å². The van der Waals surface area contributed by atoms with E-state index < -0.39 is 0 Å². The van der Waals surface area contributed by atoms with Crippen LogP contribution in [0.25, 0.3) is 0 Å². The molecule has 12 heavy (non-hydrogen) atoms. The van der Waals surface area contributed by atoms with E-state index in [0.29, 0.717) is 0 Å². The molecule has 0 amide bonds. The van der Waals surface area contributed by atoms with Crippen LogP contribution in [-0.4, -0.2) is 6.54 Å². The molecule has 0 heterocycles. The first-order valence-corrected chi connectivity index (χ1v) is 5.46.